The summed E-state index contributed by atoms with van der Waals surface area (Å²) in [5.41, 5.74) is 5.87. The van der Waals surface area contributed by atoms with Gasteiger partial charge in [0.1, 0.15) is 0 Å². The fraction of sp³-hybridized carbons (Fsp3) is 0.938. The van der Waals surface area contributed by atoms with Crippen LogP contribution in [0.3, 0.4) is 0 Å². The summed E-state index contributed by atoms with van der Waals surface area (Å²) >= 11 is 0. The van der Waals surface area contributed by atoms with E-state index in [9.17, 15) is 4.79 Å². The molecule has 3 heteroatoms. The van der Waals surface area contributed by atoms with Gasteiger partial charge in [-0.1, -0.05) is 33.6 Å². The summed E-state index contributed by atoms with van der Waals surface area (Å²) in [7, 11) is 0. The number of carbonyl (C=O) groups excluding carboxylic acids is 1. The van der Waals surface area contributed by atoms with Crippen LogP contribution >= 0.6 is 0 Å². The smallest absolute Gasteiger partial charge is 0.305 e. The van der Waals surface area contributed by atoms with E-state index in [0.717, 1.165) is 12.8 Å². The van der Waals surface area contributed by atoms with Crippen LogP contribution in [0.2, 0.25) is 0 Å². The minimum atomic E-state index is -0.0295. The Morgan fingerprint density at radius 2 is 1.89 bits per heavy atom. The molecule has 2 N–H and O–H groups in total. The molecule has 0 spiro atoms. The van der Waals surface area contributed by atoms with E-state index in [-0.39, 0.29) is 11.4 Å². The molecule has 0 aromatic carbocycles. The highest BCUT2D eigenvalue weighted by Crippen LogP contribution is 2.32. The summed E-state index contributed by atoms with van der Waals surface area (Å²) < 4.78 is 5.40. The van der Waals surface area contributed by atoms with Gasteiger partial charge < -0.3 is 10.5 Å². The van der Waals surface area contributed by atoms with E-state index in [0.29, 0.717) is 31.4 Å². The van der Waals surface area contributed by atoms with E-state index < -0.39 is 0 Å². The van der Waals surface area contributed by atoms with Crippen molar-refractivity contribution >= 4 is 5.97 Å². The van der Waals surface area contributed by atoms with E-state index in [1.54, 1.807) is 0 Å². The molecule has 0 aliphatic heterocycles. The monoisotopic (exact) mass is 269 g/mol. The predicted octanol–water partition coefficient (Wildman–Crippen LogP) is 3.51. The quantitative estimate of drug-likeness (QED) is 0.720. The normalized spacial score (nSPS) is 18.5. The molecule has 1 unspecified atom stereocenters. The molecule has 1 rings (SSSR count). The van der Waals surface area contributed by atoms with Crippen molar-refractivity contribution in [3.8, 4) is 0 Å². The van der Waals surface area contributed by atoms with E-state index in [1.165, 1.54) is 25.7 Å². The first-order valence-electron chi connectivity index (χ1n) is 7.79. The molecule has 112 valence electrons. The fourth-order valence-corrected chi connectivity index (χ4v) is 2.96. The van der Waals surface area contributed by atoms with Crippen LogP contribution in [0.25, 0.3) is 0 Å². The van der Waals surface area contributed by atoms with Crippen molar-refractivity contribution in [1.29, 1.82) is 0 Å². The maximum Gasteiger partial charge on any atom is 0.305 e. The second-order valence-corrected chi connectivity index (χ2v) is 7.01. The van der Waals surface area contributed by atoms with E-state index in [1.807, 2.05) is 0 Å². The van der Waals surface area contributed by atoms with Crippen molar-refractivity contribution in [1.82, 2.24) is 0 Å². The maximum atomic E-state index is 11.8. The Hall–Kier alpha value is -0.570. The molecule has 0 amide bonds. The third kappa shape index (κ3) is 6.42. The minimum Gasteiger partial charge on any atom is -0.465 e. The van der Waals surface area contributed by atoms with Crippen molar-refractivity contribution in [3.63, 3.8) is 0 Å². The van der Waals surface area contributed by atoms with Gasteiger partial charge in [0.15, 0.2) is 0 Å². The topological polar surface area (TPSA) is 52.3 Å². The molecule has 0 aromatic heterocycles. The summed E-state index contributed by atoms with van der Waals surface area (Å²) in [5.74, 6) is 1.08. The first kappa shape index (κ1) is 16.5. The second kappa shape index (κ2) is 7.88. The highest BCUT2D eigenvalue weighted by atomic mass is 16.5. The lowest BCUT2D eigenvalue weighted by atomic mass is 9.76. The minimum absolute atomic E-state index is 0.0295. The Labute approximate surface area is 118 Å². The van der Waals surface area contributed by atoms with Gasteiger partial charge in [-0.15, -0.1) is 0 Å². The van der Waals surface area contributed by atoms with Crippen molar-refractivity contribution in [2.24, 2.45) is 23.0 Å². The SMILES string of the molecule is CC(C)(C)C(CCN)CCC(=O)OCC1CCCC1. The van der Waals surface area contributed by atoms with Crippen molar-refractivity contribution in [3.05, 3.63) is 0 Å². The Morgan fingerprint density at radius 3 is 2.42 bits per heavy atom. The molecule has 0 saturated heterocycles. The van der Waals surface area contributed by atoms with E-state index in [2.05, 4.69) is 20.8 Å². The van der Waals surface area contributed by atoms with Gasteiger partial charge in [-0.25, -0.2) is 0 Å². The number of rotatable bonds is 7. The van der Waals surface area contributed by atoms with Gasteiger partial charge in [0.2, 0.25) is 0 Å². The molecular formula is C16H31NO2. The number of hydrogen-bond donors (Lipinski definition) is 1. The van der Waals surface area contributed by atoms with Gasteiger partial charge in [0.25, 0.3) is 0 Å². The van der Waals surface area contributed by atoms with Gasteiger partial charge in [0, 0.05) is 6.42 Å². The van der Waals surface area contributed by atoms with Gasteiger partial charge in [0.05, 0.1) is 6.61 Å². The zero-order valence-electron chi connectivity index (χ0n) is 12.9. The molecule has 0 bridgehead atoms. The van der Waals surface area contributed by atoms with Gasteiger partial charge in [-0.05, 0) is 49.5 Å². The Morgan fingerprint density at radius 1 is 1.26 bits per heavy atom. The molecule has 0 heterocycles. The lowest BCUT2D eigenvalue weighted by molar-refractivity contribution is -0.145. The van der Waals surface area contributed by atoms with Crippen molar-refractivity contribution in [2.75, 3.05) is 13.2 Å². The second-order valence-electron chi connectivity index (χ2n) is 7.01. The summed E-state index contributed by atoms with van der Waals surface area (Å²) in [4.78, 5) is 11.8. The van der Waals surface area contributed by atoms with Crippen molar-refractivity contribution < 1.29 is 9.53 Å². The lowest BCUT2D eigenvalue weighted by Crippen LogP contribution is -2.24. The molecule has 0 radical (unpaired) electrons. The lowest BCUT2D eigenvalue weighted by Gasteiger charge is -2.30. The number of carbonyl (C=O) groups is 1. The Kier molecular flexibility index (Phi) is 6.84. The van der Waals surface area contributed by atoms with Crippen LogP contribution in [-0.4, -0.2) is 19.1 Å². The zero-order valence-corrected chi connectivity index (χ0v) is 12.9. The van der Waals surface area contributed by atoms with E-state index >= 15 is 0 Å². The standard InChI is InChI=1S/C16H31NO2/c1-16(2,3)14(10-11-17)8-9-15(18)19-12-13-6-4-5-7-13/h13-14H,4-12,17H2,1-3H3. The molecule has 1 aliphatic rings. The average molecular weight is 269 g/mol. The average Bonchev–Trinajstić information content (AvgIpc) is 2.83. The molecule has 1 atom stereocenters. The molecule has 3 nitrogen and oxygen atoms in total. The molecule has 1 aliphatic carbocycles. The number of nitrogens with two attached hydrogens (primary N) is 1. The van der Waals surface area contributed by atoms with E-state index in [4.69, 9.17) is 10.5 Å². The van der Waals surface area contributed by atoms with Gasteiger partial charge in [-0.2, -0.15) is 0 Å². The highest BCUT2D eigenvalue weighted by molar-refractivity contribution is 5.69. The Bertz CT molecular complexity index is 264. The Balaban J connectivity index is 2.23. The molecule has 0 aromatic rings. The van der Waals surface area contributed by atoms with Crippen LogP contribution in [0, 0.1) is 17.3 Å². The number of hydrogen-bond acceptors (Lipinski definition) is 3. The molecule has 1 saturated carbocycles. The first-order chi connectivity index (χ1) is 8.93. The van der Waals surface area contributed by atoms with Gasteiger partial charge >= 0.3 is 5.97 Å². The van der Waals surface area contributed by atoms with Crippen molar-refractivity contribution in [2.45, 2.75) is 65.7 Å². The number of esters is 1. The van der Waals surface area contributed by atoms with Crippen LogP contribution in [0.1, 0.15) is 65.7 Å². The van der Waals surface area contributed by atoms with Gasteiger partial charge in [-0.3, -0.25) is 4.79 Å². The fourth-order valence-electron chi connectivity index (χ4n) is 2.96. The number of ether oxygens (including phenoxy) is 1. The summed E-state index contributed by atoms with van der Waals surface area (Å²) in [6.45, 7) is 7.99. The summed E-state index contributed by atoms with van der Waals surface area (Å²) in [6.07, 6.45) is 7.46. The van der Waals surface area contributed by atoms with Crippen LogP contribution in [-0.2, 0) is 9.53 Å². The predicted molar refractivity (Wildman–Crippen MR) is 78.8 cm³/mol. The third-order valence-corrected chi connectivity index (χ3v) is 4.39. The summed E-state index contributed by atoms with van der Waals surface area (Å²) in [6, 6.07) is 0. The van der Waals surface area contributed by atoms with Crippen LogP contribution in [0.15, 0.2) is 0 Å². The van der Waals surface area contributed by atoms with Crippen LogP contribution in [0.5, 0.6) is 0 Å². The zero-order chi connectivity index (χ0) is 14.3. The van der Waals surface area contributed by atoms with Crippen LogP contribution < -0.4 is 5.73 Å². The molecular weight excluding hydrogens is 238 g/mol. The highest BCUT2D eigenvalue weighted by Gasteiger charge is 2.25. The molecule has 19 heavy (non-hydrogen) atoms. The third-order valence-electron chi connectivity index (χ3n) is 4.39. The summed E-state index contributed by atoms with van der Waals surface area (Å²) in [5, 5.41) is 0. The largest absolute Gasteiger partial charge is 0.465 e. The first-order valence-corrected chi connectivity index (χ1v) is 7.79. The van der Waals surface area contributed by atoms with Crippen LogP contribution in [0.4, 0.5) is 0 Å². The maximum absolute atomic E-state index is 11.8. The molecule has 1 fully saturated rings.